The molecular weight excluding hydrogens is 1340 g/mol. The molecule has 25 nitrogen and oxygen atoms in total. The normalized spacial score (nSPS) is 17.4. The van der Waals surface area contributed by atoms with Crippen LogP contribution in [0.15, 0.2) is 60.7 Å². The Morgan fingerprint density at radius 2 is 1.29 bits per heavy atom. The molecule has 1 saturated heterocycles. The minimum atomic E-state index is -1.03. The van der Waals surface area contributed by atoms with Gasteiger partial charge in [-0.2, -0.15) is 0 Å². The Morgan fingerprint density at radius 1 is 0.673 bits per heavy atom. The van der Waals surface area contributed by atoms with Gasteiger partial charge in [0.25, 0.3) is 11.8 Å². The molecule has 104 heavy (non-hydrogen) atoms. The van der Waals surface area contributed by atoms with E-state index in [0.29, 0.717) is 49.7 Å². The van der Waals surface area contributed by atoms with Gasteiger partial charge in [0.2, 0.25) is 29.5 Å². The Bertz CT molecular complexity index is 3240. The maximum absolute atomic E-state index is 15.1. The molecule has 2 aliphatic rings. The van der Waals surface area contributed by atoms with Crippen molar-refractivity contribution in [3.8, 4) is 0 Å². The fourth-order valence-electron chi connectivity index (χ4n) is 13.8. The molecule has 2 aromatic rings. The van der Waals surface area contributed by atoms with E-state index in [4.69, 9.17) is 24.7 Å². The molecule has 2 aromatic carbocycles. The van der Waals surface area contributed by atoms with E-state index in [1.807, 2.05) is 74.4 Å². The molecule has 0 aliphatic carbocycles. The van der Waals surface area contributed by atoms with Crippen LogP contribution >= 0.6 is 0 Å². The van der Waals surface area contributed by atoms with Crippen LogP contribution in [0.1, 0.15) is 187 Å². The summed E-state index contributed by atoms with van der Waals surface area (Å²) in [5, 5.41) is 5.64. The van der Waals surface area contributed by atoms with Crippen LogP contribution in [-0.4, -0.2) is 212 Å². The van der Waals surface area contributed by atoms with Gasteiger partial charge in [0.15, 0.2) is 17.3 Å². The number of carbonyl (C=O) groups excluding carboxylic acids is 13. The van der Waals surface area contributed by atoms with Crippen LogP contribution in [-0.2, 0) is 84.7 Å². The molecule has 8 amide bonds. The molecule has 4 N–H and O–H groups in total. The number of ether oxygens (including phenoxy) is 4. The van der Waals surface area contributed by atoms with Crippen LogP contribution in [0.2, 0.25) is 0 Å². The molecule has 0 spiro atoms. The van der Waals surface area contributed by atoms with Gasteiger partial charge in [-0.3, -0.25) is 67.3 Å². The summed E-state index contributed by atoms with van der Waals surface area (Å²) in [6.07, 6.45) is 2.34. The third-order valence-corrected chi connectivity index (χ3v) is 20.2. The Kier molecular flexibility index (Phi) is 36.8. The number of nitrogens with zero attached hydrogens (tertiary/aromatic N) is 5. The van der Waals surface area contributed by atoms with Crippen molar-refractivity contribution in [3.05, 3.63) is 83.2 Å². The molecule has 0 radical (unpaired) electrons. The second kappa shape index (κ2) is 43.4. The quantitative estimate of drug-likeness (QED) is 0.0243. The third kappa shape index (κ3) is 27.1. The monoisotopic (exact) mass is 1460 g/mol. The fourth-order valence-corrected chi connectivity index (χ4v) is 13.8. The number of hydrogen-bond acceptors (Lipinski definition) is 18. The minimum Gasteiger partial charge on any atom is -0.461 e. The lowest BCUT2D eigenvalue weighted by Crippen LogP contribution is -2.54. The van der Waals surface area contributed by atoms with Crippen LogP contribution in [0.25, 0.3) is 0 Å². The van der Waals surface area contributed by atoms with E-state index in [2.05, 4.69) is 10.6 Å². The summed E-state index contributed by atoms with van der Waals surface area (Å²) in [5.41, 5.74) is 6.80. The van der Waals surface area contributed by atoms with Crippen molar-refractivity contribution < 1.29 is 85.7 Å². The van der Waals surface area contributed by atoms with Crippen LogP contribution in [0.5, 0.6) is 0 Å². The Morgan fingerprint density at radius 3 is 1.86 bits per heavy atom. The van der Waals surface area contributed by atoms with E-state index in [1.54, 1.807) is 43.1 Å². The minimum absolute atomic E-state index is 0.00428. The highest BCUT2D eigenvalue weighted by Gasteiger charge is 2.47. The predicted molar refractivity (Wildman–Crippen MR) is 389 cm³/mol. The molecule has 2 heterocycles. The summed E-state index contributed by atoms with van der Waals surface area (Å²) in [4.78, 5) is 182. The van der Waals surface area contributed by atoms with Gasteiger partial charge in [-0.15, -0.1) is 0 Å². The molecule has 0 unspecified atom stereocenters. The first-order valence-corrected chi connectivity index (χ1v) is 36.8. The summed E-state index contributed by atoms with van der Waals surface area (Å²) in [6.45, 7) is 18.5. The largest absolute Gasteiger partial charge is 0.461 e. The smallest absolute Gasteiger partial charge is 0.409 e. The zero-order valence-corrected chi connectivity index (χ0v) is 64.2. The molecule has 0 aromatic heterocycles. The van der Waals surface area contributed by atoms with Crippen molar-refractivity contribution in [2.75, 3.05) is 62.0 Å². The van der Waals surface area contributed by atoms with Crippen molar-refractivity contribution in [1.82, 2.24) is 35.1 Å². The zero-order valence-electron chi connectivity index (χ0n) is 64.2. The van der Waals surface area contributed by atoms with Crippen molar-refractivity contribution in [2.45, 2.75) is 227 Å². The number of nitrogens with one attached hydrogen (secondary N) is 2. The number of amides is 8. The van der Waals surface area contributed by atoms with Gasteiger partial charge in [0, 0.05) is 116 Å². The number of carbonyl (C=O) groups is 13. The molecule has 4 rings (SSSR count). The molecular formula is C78H117FN8O17. The number of esters is 1. The number of rotatable bonds is 47. The standard InChI is InChI=1S/C78H117FN8O17/c1-17-50(8)72(85(14)77(99)60(48(4)5)43-64(90)71(49(6)7)83(11)12)65(101-15)44-69(94)87-45-58(42-62(87)74(102-16)51(9)75(97)81-52(10)73(96)55-32-34-56(79)35-33-55)104-78(100)84(13)38-23-27-70(95)103-46-54-30-28-53(29-31-54)40-63(89)61(25-20-21-26-66(80)91)82-76(98)59(47(2)3)41-57(88)24-19-18-22-39-86-67(92)36-37-68(86)93/h28-37,47-52,58-62,65,71-72,74H,17-27,38-46H2,1-16H3,(H2,80,91)(H,81,97)(H,82,98)/t50-,51+,52-,58-,59-,60-,61-,62-,65+,71-,72-,74+/m0/s1. The number of Topliss-reactive ketones (excluding diaryl/α,β-unsaturated/α-hetero) is 4. The Labute approximate surface area is 614 Å². The van der Waals surface area contributed by atoms with Gasteiger partial charge < -0.3 is 50.0 Å². The van der Waals surface area contributed by atoms with E-state index in [9.17, 15) is 61.9 Å². The number of ketones is 4. The van der Waals surface area contributed by atoms with Gasteiger partial charge in [0.1, 0.15) is 24.3 Å². The molecule has 0 saturated carbocycles. The molecule has 0 bridgehead atoms. The molecule has 2 aliphatic heterocycles. The fraction of sp³-hybridized carbons (Fsp3) is 0.654. The van der Waals surface area contributed by atoms with Gasteiger partial charge in [0.05, 0.1) is 61.3 Å². The SMILES string of the molecule is CC[C@H](C)[C@@H]([C@@H](CC(=O)N1C[C@@H](OC(=O)N(C)CCCC(=O)OCc2ccc(CC(=O)[C@H](CCCCC(N)=O)NC(=O)[C@@H](CC(=O)CCCCCN3C(=O)C=CC3=O)C(C)C)cc2)C[C@H]1[C@H](OC)[C@@H](C)C(=O)N[C@@H](C)C(=O)c1ccc(F)cc1)OC)N(C)C(=O)[C@@H](CC(=O)[C@H](C(C)C)N(C)C)C(C)C. The maximum Gasteiger partial charge on any atom is 0.409 e. The van der Waals surface area contributed by atoms with Crippen LogP contribution in [0, 0.1) is 47.2 Å². The van der Waals surface area contributed by atoms with Gasteiger partial charge in [-0.1, -0.05) is 106 Å². The average Bonchev–Trinajstić information content (AvgIpc) is 1.11. The lowest BCUT2D eigenvalue weighted by molar-refractivity contribution is -0.149. The number of methoxy groups -OCH3 is 2. The van der Waals surface area contributed by atoms with Gasteiger partial charge in [-0.25, -0.2) is 9.18 Å². The number of benzene rings is 2. The highest BCUT2D eigenvalue weighted by molar-refractivity contribution is 6.12. The summed E-state index contributed by atoms with van der Waals surface area (Å²) in [6, 6.07) is 7.91. The zero-order chi connectivity index (χ0) is 77.8. The molecule has 578 valence electrons. The lowest BCUT2D eigenvalue weighted by atomic mass is 9.83. The number of halogens is 1. The van der Waals surface area contributed by atoms with Crippen molar-refractivity contribution in [1.29, 1.82) is 0 Å². The lowest BCUT2D eigenvalue weighted by Gasteiger charge is -2.41. The topological polar surface area (TPSA) is 325 Å². The number of primary amides is 1. The second-order valence-electron chi connectivity index (χ2n) is 29.4. The number of imide groups is 1. The number of unbranched alkanes of at least 4 members (excludes halogenated alkanes) is 3. The Hall–Kier alpha value is -8.10. The van der Waals surface area contributed by atoms with Crippen LogP contribution in [0.3, 0.4) is 0 Å². The second-order valence-corrected chi connectivity index (χ2v) is 29.4. The van der Waals surface area contributed by atoms with Crippen LogP contribution in [0.4, 0.5) is 9.18 Å². The first-order chi connectivity index (χ1) is 49.0. The Balaban J connectivity index is 1.42. The first-order valence-electron chi connectivity index (χ1n) is 36.8. The van der Waals surface area contributed by atoms with Crippen LogP contribution < -0.4 is 16.4 Å². The molecule has 12 atom stereocenters. The van der Waals surface area contributed by atoms with E-state index in [0.717, 1.165) is 17.0 Å². The number of hydrogen-bond donors (Lipinski definition) is 3. The highest BCUT2D eigenvalue weighted by atomic mass is 19.1. The summed E-state index contributed by atoms with van der Waals surface area (Å²) < 4.78 is 37.6. The van der Waals surface area contributed by atoms with E-state index in [-0.39, 0.29) is 155 Å². The van der Waals surface area contributed by atoms with Gasteiger partial charge in [-0.05, 0) is 112 Å². The van der Waals surface area contributed by atoms with E-state index < -0.39 is 114 Å². The molecule has 1 fully saturated rings. The average molecular weight is 1460 g/mol. The number of nitrogens with two attached hydrogens (primary N) is 1. The third-order valence-electron chi connectivity index (χ3n) is 20.2. The molecule has 26 heteroatoms. The summed E-state index contributed by atoms with van der Waals surface area (Å²) in [7, 11) is 9.71. The summed E-state index contributed by atoms with van der Waals surface area (Å²) in [5.74, 6) is -7.93. The number of likely N-dealkylation sites (N-methyl/N-ethyl adjacent to an activating group) is 2. The first kappa shape index (κ1) is 88.3. The predicted octanol–water partition coefficient (Wildman–Crippen LogP) is 8.18. The summed E-state index contributed by atoms with van der Waals surface area (Å²) >= 11 is 0. The van der Waals surface area contributed by atoms with Crippen molar-refractivity contribution in [3.63, 3.8) is 0 Å². The van der Waals surface area contributed by atoms with Crippen molar-refractivity contribution in [2.24, 2.45) is 47.2 Å². The van der Waals surface area contributed by atoms with E-state index in [1.165, 1.54) is 62.3 Å². The number of likely N-dealkylation sites (tertiary alicyclic amines) is 1. The highest BCUT2D eigenvalue weighted by Crippen LogP contribution is 2.33. The van der Waals surface area contributed by atoms with Gasteiger partial charge >= 0.3 is 12.1 Å². The maximum atomic E-state index is 15.1. The van der Waals surface area contributed by atoms with E-state index >= 15 is 4.79 Å². The van der Waals surface area contributed by atoms with Crippen molar-refractivity contribution >= 4 is 76.5 Å².